The van der Waals surface area contributed by atoms with Gasteiger partial charge in [0, 0.05) is 43.9 Å². The zero-order chi connectivity index (χ0) is 14.8. The van der Waals surface area contributed by atoms with Crippen LogP contribution >= 0.6 is 24.8 Å². The summed E-state index contributed by atoms with van der Waals surface area (Å²) in [5.41, 5.74) is 1.38. The summed E-state index contributed by atoms with van der Waals surface area (Å²) in [5, 5.41) is 23.1. The minimum atomic E-state index is 0. The summed E-state index contributed by atoms with van der Waals surface area (Å²) in [6.45, 7) is 3.89. The highest BCUT2D eigenvalue weighted by Crippen LogP contribution is 2.49. The predicted octanol–water partition coefficient (Wildman–Crippen LogP) is 2.47. The minimum Gasteiger partial charge on any atom is -0.504 e. The van der Waals surface area contributed by atoms with Gasteiger partial charge in [-0.1, -0.05) is 0 Å². The van der Waals surface area contributed by atoms with Crippen molar-refractivity contribution >= 4 is 24.8 Å². The fraction of sp³-hybridized carbons (Fsp3) is 0.562. The van der Waals surface area contributed by atoms with Crippen LogP contribution in [0.3, 0.4) is 0 Å². The van der Waals surface area contributed by atoms with Crippen molar-refractivity contribution in [2.45, 2.75) is 18.9 Å². The van der Waals surface area contributed by atoms with E-state index in [2.05, 4.69) is 16.3 Å². The lowest BCUT2D eigenvalue weighted by Gasteiger charge is -2.36. The predicted molar refractivity (Wildman–Crippen MR) is 93.8 cm³/mol. The summed E-state index contributed by atoms with van der Waals surface area (Å²) in [7, 11) is 1.52. The van der Waals surface area contributed by atoms with Crippen molar-refractivity contribution in [3.63, 3.8) is 0 Å². The molecule has 1 saturated heterocycles. The van der Waals surface area contributed by atoms with Gasteiger partial charge in [0.05, 0.1) is 18.7 Å². The molecular formula is C16H23Cl2N3O2. The molecule has 0 amide bonds. The molecule has 0 radical (unpaired) electrons. The topological polar surface area (TPSA) is 68.5 Å². The molecule has 1 saturated carbocycles. The third kappa shape index (κ3) is 4.21. The number of nitriles is 1. The summed E-state index contributed by atoms with van der Waals surface area (Å²) >= 11 is 0. The van der Waals surface area contributed by atoms with E-state index in [0.717, 1.165) is 31.7 Å². The maximum Gasteiger partial charge on any atom is 0.162 e. The van der Waals surface area contributed by atoms with Gasteiger partial charge in [0.15, 0.2) is 11.5 Å². The van der Waals surface area contributed by atoms with Gasteiger partial charge in [-0.25, -0.2) is 0 Å². The molecule has 7 heteroatoms. The summed E-state index contributed by atoms with van der Waals surface area (Å²) in [6.07, 6.45) is 2.38. The fourth-order valence-corrected chi connectivity index (χ4v) is 3.20. The quantitative estimate of drug-likeness (QED) is 0.864. The van der Waals surface area contributed by atoms with Crippen molar-refractivity contribution < 1.29 is 9.84 Å². The maximum absolute atomic E-state index is 10.5. The van der Waals surface area contributed by atoms with E-state index in [1.165, 1.54) is 20.0 Å². The van der Waals surface area contributed by atoms with Gasteiger partial charge in [0.2, 0.25) is 0 Å². The number of halogens is 2. The van der Waals surface area contributed by atoms with Crippen LogP contribution in [0.4, 0.5) is 0 Å². The second-order valence-electron chi connectivity index (χ2n) is 5.80. The second kappa shape index (κ2) is 8.60. The molecule has 0 aromatic heterocycles. The average Bonchev–Trinajstić information content (AvgIpc) is 3.35. The molecular weight excluding hydrogens is 337 g/mol. The van der Waals surface area contributed by atoms with Crippen LogP contribution in [-0.2, 0) is 0 Å². The molecule has 1 aliphatic heterocycles. The zero-order valence-corrected chi connectivity index (χ0v) is 14.8. The lowest BCUT2D eigenvalue weighted by Crippen LogP contribution is -2.45. The molecule has 1 atom stereocenters. The van der Waals surface area contributed by atoms with Crippen LogP contribution in [0.15, 0.2) is 12.1 Å². The molecule has 0 unspecified atom stereocenters. The minimum absolute atomic E-state index is 0. The Kier molecular flexibility index (Phi) is 7.43. The number of hydrogen-bond donors (Lipinski definition) is 2. The molecule has 1 aromatic rings. The van der Waals surface area contributed by atoms with Crippen molar-refractivity contribution in [1.82, 2.24) is 10.2 Å². The maximum atomic E-state index is 10.5. The van der Waals surface area contributed by atoms with E-state index in [1.807, 2.05) is 6.07 Å². The van der Waals surface area contributed by atoms with Crippen molar-refractivity contribution in [3.8, 4) is 17.6 Å². The molecule has 0 spiro atoms. The van der Waals surface area contributed by atoms with Crippen LogP contribution in [0.5, 0.6) is 11.5 Å². The molecule has 2 N–H and O–H groups in total. The van der Waals surface area contributed by atoms with E-state index in [1.54, 1.807) is 6.07 Å². The highest BCUT2D eigenvalue weighted by molar-refractivity contribution is 5.85. The number of phenols is 1. The number of ether oxygens (including phenoxy) is 1. The van der Waals surface area contributed by atoms with Crippen molar-refractivity contribution in [3.05, 3.63) is 23.3 Å². The number of rotatable bonds is 4. The molecule has 1 aliphatic carbocycles. The van der Waals surface area contributed by atoms with Gasteiger partial charge < -0.3 is 15.2 Å². The fourth-order valence-electron chi connectivity index (χ4n) is 3.20. The highest BCUT2D eigenvalue weighted by atomic mass is 35.5. The van der Waals surface area contributed by atoms with Gasteiger partial charge in [-0.15, -0.1) is 24.8 Å². The van der Waals surface area contributed by atoms with Gasteiger partial charge in [-0.3, -0.25) is 4.90 Å². The van der Waals surface area contributed by atoms with Crippen LogP contribution in [0.1, 0.15) is 30.0 Å². The van der Waals surface area contributed by atoms with Gasteiger partial charge in [0.25, 0.3) is 0 Å². The average molecular weight is 360 g/mol. The monoisotopic (exact) mass is 359 g/mol. The Morgan fingerprint density at radius 3 is 2.48 bits per heavy atom. The summed E-state index contributed by atoms with van der Waals surface area (Å²) in [6, 6.07) is 5.77. The lowest BCUT2D eigenvalue weighted by atomic mass is 9.96. The van der Waals surface area contributed by atoms with E-state index >= 15 is 0 Å². The molecule has 2 fully saturated rings. The number of nitrogens with zero attached hydrogens (tertiary/aromatic N) is 2. The van der Waals surface area contributed by atoms with Crippen LogP contribution in [-0.4, -0.2) is 43.3 Å². The lowest BCUT2D eigenvalue weighted by molar-refractivity contribution is 0.153. The van der Waals surface area contributed by atoms with Crippen molar-refractivity contribution in [2.24, 2.45) is 5.92 Å². The van der Waals surface area contributed by atoms with Crippen LogP contribution in [0.25, 0.3) is 0 Å². The van der Waals surface area contributed by atoms with Crippen LogP contribution < -0.4 is 10.1 Å². The van der Waals surface area contributed by atoms with E-state index in [4.69, 9.17) is 4.74 Å². The van der Waals surface area contributed by atoms with Crippen LogP contribution in [0, 0.1) is 17.2 Å². The first-order valence-corrected chi connectivity index (χ1v) is 7.50. The zero-order valence-electron chi connectivity index (χ0n) is 13.1. The second-order valence-corrected chi connectivity index (χ2v) is 5.80. The Labute approximate surface area is 149 Å². The Balaban J connectivity index is 0.00000132. The number of methoxy groups -OCH3 is 1. The Bertz CT molecular complexity index is 567. The number of benzene rings is 1. The Morgan fingerprint density at radius 1 is 1.30 bits per heavy atom. The van der Waals surface area contributed by atoms with Gasteiger partial charge in [0.1, 0.15) is 0 Å². The first-order chi connectivity index (χ1) is 10.2. The third-order valence-electron chi connectivity index (χ3n) is 4.39. The van der Waals surface area contributed by atoms with Crippen molar-refractivity contribution in [2.75, 3.05) is 33.3 Å². The van der Waals surface area contributed by atoms with Gasteiger partial charge in [-0.2, -0.15) is 5.26 Å². The molecule has 1 aromatic carbocycles. The van der Waals surface area contributed by atoms with E-state index < -0.39 is 0 Å². The standard InChI is InChI=1S/C16H21N3O2.2ClH/c1-21-14-9-11(10-17)8-13(16(14)20)15(12-2-3-12)19-6-4-18-5-7-19;;/h8-9,12,15,18,20H,2-7H2,1H3;2*1H/t15-;;/m0../s1. The first kappa shape index (κ1) is 19.9. The van der Waals surface area contributed by atoms with Gasteiger partial charge >= 0.3 is 0 Å². The first-order valence-electron chi connectivity index (χ1n) is 7.50. The normalized spacial score (nSPS) is 19.0. The molecule has 3 rings (SSSR count). The molecule has 5 nitrogen and oxygen atoms in total. The summed E-state index contributed by atoms with van der Waals surface area (Å²) in [5.74, 6) is 1.16. The Morgan fingerprint density at radius 2 is 1.96 bits per heavy atom. The summed E-state index contributed by atoms with van der Waals surface area (Å²) < 4.78 is 5.23. The number of nitrogens with one attached hydrogen (secondary N) is 1. The molecule has 1 heterocycles. The third-order valence-corrected chi connectivity index (χ3v) is 4.39. The number of aromatic hydroxyl groups is 1. The van der Waals surface area contributed by atoms with Crippen molar-refractivity contribution in [1.29, 1.82) is 5.26 Å². The number of piperazine rings is 1. The van der Waals surface area contributed by atoms with Gasteiger partial charge in [-0.05, 0) is 24.8 Å². The van der Waals surface area contributed by atoms with E-state index in [9.17, 15) is 10.4 Å². The number of hydrogen-bond acceptors (Lipinski definition) is 5. The SMILES string of the molecule is COc1cc(C#N)cc([C@H](C2CC2)N2CCNCC2)c1O.Cl.Cl. The molecule has 0 bridgehead atoms. The highest BCUT2D eigenvalue weighted by Gasteiger charge is 2.38. The molecule has 128 valence electrons. The molecule has 23 heavy (non-hydrogen) atoms. The summed E-state index contributed by atoms with van der Waals surface area (Å²) in [4.78, 5) is 2.42. The molecule has 2 aliphatic rings. The smallest absolute Gasteiger partial charge is 0.162 e. The number of phenolic OH excluding ortho intramolecular Hbond substituents is 1. The van der Waals surface area contributed by atoms with E-state index in [0.29, 0.717) is 17.2 Å². The Hall–Kier alpha value is -1.19. The van der Waals surface area contributed by atoms with E-state index in [-0.39, 0.29) is 36.6 Å². The van der Waals surface area contributed by atoms with Crippen LogP contribution in [0.2, 0.25) is 0 Å². The largest absolute Gasteiger partial charge is 0.504 e.